The number of nitrogens with one attached hydrogen (secondary N) is 1. The Balaban J connectivity index is 2.35. The molecule has 0 aliphatic rings. The van der Waals surface area contributed by atoms with Gasteiger partial charge in [0.25, 0.3) is 0 Å². The molecule has 12 heavy (non-hydrogen) atoms. The maximum Gasteiger partial charge on any atom is 0.153 e. The summed E-state index contributed by atoms with van der Waals surface area (Å²) in [4.78, 5) is 0. The highest BCUT2D eigenvalue weighted by molar-refractivity contribution is 5.49. The Hall–Kier alpha value is -1.58. The summed E-state index contributed by atoms with van der Waals surface area (Å²) in [7, 11) is 0. The lowest BCUT2D eigenvalue weighted by molar-refractivity contribution is 0.527. The minimum Gasteiger partial charge on any atom is -0.459 e. The van der Waals surface area contributed by atoms with Gasteiger partial charge in [-0.2, -0.15) is 0 Å². The topological polar surface area (TPSA) is 54.7 Å². The van der Waals surface area contributed by atoms with Gasteiger partial charge in [0.05, 0.1) is 6.20 Å². The Morgan fingerprint density at radius 1 is 1.50 bits per heavy atom. The van der Waals surface area contributed by atoms with Crippen LogP contribution in [0.3, 0.4) is 0 Å². The average Bonchev–Trinajstić information content (AvgIpc) is 2.75. The minimum atomic E-state index is 0.789. The molecule has 0 amide bonds. The van der Waals surface area contributed by atoms with Crippen LogP contribution in [-0.4, -0.2) is 15.4 Å². The van der Waals surface area contributed by atoms with Crippen molar-refractivity contribution in [1.82, 2.24) is 15.4 Å². The van der Waals surface area contributed by atoms with Crippen molar-refractivity contribution in [3.63, 3.8) is 0 Å². The predicted octanol–water partition coefficient (Wildman–Crippen LogP) is 1.63. The predicted molar refractivity (Wildman–Crippen MR) is 43.5 cm³/mol. The number of hydrogen-bond acceptors (Lipinski definition) is 3. The van der Waals surface area contributed by atoms with Gasteiger partial charge in [-0.25, -0.2) is 0 Å². The highest BCUT2D eigenvalue weighted by Crippen LogP contribution is 2.18. The number of aromatic nitrogens is 3. The third-order valence-electron chi connectivity index (χ3n) is 1.69. The quantitative estimate of drug-likeness (QED) is 0.732. The molecule has 2 rings (SSSR count). The summed E-state index contributed by atoms with van der Waals surface area (Å²) in [5.74, 6) is 1.76. The number of furan rings is 1. The van der Waals surface area contributed by atoms with Crippen molar-refractivity contribution in [1.29, 1.82) is 0 Å². The van der Waals surface area contributed by atoms with Crippen LogP contribution in [0.1, 0.15) is 12.7 Å². The molecule has 0 atom stereocenters. The van der Waals surface area contributed by atoms with Crippen molar-refractivity contribution in [2.75, 3.05) is 0 Å². The van der Waals surface area contributed by atoms with Crippen LogP contribution in [0.15, 0.2) is 22.7 Å². The fraction of sp³-hybridized carbons (Fsp3) is 0.250. The van der Waals surface area contributed by atoms with E-state index >= 15 is 0 Å². The zero-order valence-corrected chi connectivity index (χ0v) is 6.74. The zero-order chi connectivity index (χ0) is 8.39. The summed E-state index contributed by atoms with van der Waals surface area (Å²) in [6, 6.07) is 3.87. The molecular formula is C8H9N3O. The highest BCUT2D eigenvalue weighted by atomic mass is 16.3. The van der Waals surface area contributed by atoms with Crippen molar-refractivity contribution in [3.8, 4) is 11.5 Å². The SMILES string of the molecule is CCc1ccc(-c2cnn[nH]2)o1. The number of aromatic amines is 1. The minimum absolute atomic E-state index is 0.789. The smallest absolute Gasteiger partial charge is 0.153 e. The lowest BCUT2D eigenvalue weighted by Gasteiger charge is -1.88. The first kappa shape index (κ1) is 7.09. The average molecular weight is 163 g/mol. The second-order valence-corrected chi connectivity index (χ2v) is 2.49. The number of hydrogen-bond donors (Lipinski definition) is 1. The van der Waals surface area contributed by atoms with Gasteiger partial charge in [0.1, 0.15) is 11.5 Å². The van der Waals surface area contributed by atoms with Gasteiger partial charge >= 0.3 is 0 Å². The molecule has 0 unspecified atom stereocenters. The van der Waals surface area contributed by atoms with Crippen molar-refractivity contribution >= 4 is 0 Å². The van der Waals surface area contributed by atoms with E-state index < -0.39 is 0 Å². The van der Waals surface area contributed by atoms with Crippen LogP contribution in [0.25, 0.3) is 11.5 Å². The Labute approximate surface area is 69.6 Å². The van der Waals surface area contributed by atoms with E-state index in [0.29, 0.717) is 0 Å². The summed E-state index contributed by atoms with van der Waals surface area (Å²) in [5, 5.41) is 10.0. The van der Waals surface area contributed by atoms with E-state index in [1.165, 1.54) is 0 Å². The lowest BCUT2D eigenvalue weighted by Crippen LogP contribution is -1.73. The molecule has 4 heteroatoms. The van der Waals surface area contributed by atoms with E-state index in [4.69, 9.17) is 4.42 Å². The van der Waals surface area contributed by atoms with Crippen LogP contribution in [0.2, 0.25) is 0 Å². The van der Waals surface area contributed by atoms with Gasteiger partial charge in [0.15, 0.2) is 5.76 Å². The molecule has 2 aromatic rings. The molecule has 0 saturated heterocycles. The number of aryl methyl sites for hydroxylation is 1. The molecular weight excluding hydrogens is 154 g/mol. The standard InChI is InChI=1S/C8H9N3O/c1-2-6-3-4-8(12-6)7-5-9-11-10-7/h3-5H,2H2,1H3,(H,9,10,11). The molecule has 0 spiro atoms. The van der Waals surface area contributed by atoms with E-state index in [9.17, 15) is 0 Å². The number of H-pyrrole nitrogens is 1. The second kappa shape index (κ2) is 2.81. The van der Waals surface area contributed by atoms with E-state index in [0.717, 1.165) is 23.6 Å². The summed E-state index contributed by atoms with van der Waals surface area (Å²) in [6.07, 6.45) is 2.54. The van der Waals surface area contributed by atoms with Gasteiger partial charge in [0.2, 0.25) is 0 Å². The first-order valence-electron chi connectivity index (χ1n) is 3.85. The molecule has 4 nitrogen and oxygen atoms in total. The largest absolute Gasteiger partial charge is 0.459 e. The van der Waals surface area contributed by atoms with Crippen molar-refractivity contribution < 1.29 is 4.42 Å². The fourth-order valence-corrected chi connectivity index (χ4v) is 1.03. The molecule has 0 saturated carbocycles. The Bertz CT molecular complexity index is 350. The zero-order valence-electron chi connectivity index (χ0n) is 6.74. The third-order valence-corrected chi connectivity index (χ3v) is 1.69. The van der Waals surface area contributed by atoms with Gasteiger partial charge in [-0.05, 0) is 12.1 Å². The van der Waals surface area contributed by atoms with Crippen LogP contribution < -0.4 is 0 Å². The molecule has 0 aromatic carbocycles. The van der Waals surface area contributed by atoms with Crippen LogP contribution in [0.5, 0.6) is 0 Å². The van der Waals surface area contributed by atoms with Crippen molar-refractivity contribution in [2.24, 2.45) is 0 Å². The molecule has 0 bridgehead atoms. The van der Waals surface area contributed by atoms with Gasteiger partial charge in [-0.15, -0.1) is 5.10 Å². The molecule has 1 N–H and O–H groups in total. The summed E-state index contributed by atoms with van der Waals surface area (Å²) in [5.41, 5.74) is 0.815. The Kier molecular flexibility index (Phi) is 1.66. The van der Waals surface area contributed by atoms with Gasteiger partial charge in [0, 0.05) is 6.42 Å². The molecule has 0 fully saturated rings. The molecule has 0 aliphatic heterocycles. The van der Waals surface area contributed by atoms with Crippen LogP contribution in [0, 0.1) is 0 Å². The summed E-state index contributed by atoms with van der Waals surface area (Å²) in [6.45, 7) is 2.05. The maximum atomic E-state index is 5.47. The molecule has 0 radical (unpaired) electrons. The van der Waals surface area contributed by atoms with E-state index in [1.54, 1.807) is 6.20 Å². The lowest BCUT2D eigenvalue weighted by atomic mass is 10.3. The Morgan fingerprint density at radius 3 is 3.00 bits per heavy atom. The summed E-state index contributed by atoms with van der Waals surface area (Å²) >= 11 is 0. The molecule has 0 aliphatic carbocycles. The van der Waals surface area contributed by atoms with Gasteiger partial charge in [-0.1, -0.05) is 12.1 Å². The second-order valence-electron chi connectivity index (χ2n) is 2.49. The van der Waals surface area contributed by atoms with Gasteiger partial charge < -0.3 is 4.42 Å². The normalized spacial score (nSPS) is 10.4. The Morgan fingerprint density at radius 2 is 2.42 bits per heavy atom. The third kappa shape index (κ3) is 1.11. The van der Waals surface area contributed by atoms with Gasteiger partial charge in [-0.3, -0.25) is 5.10 Å². The highest BCUT2D eigenvalue weighted by Gasteiger charge is 2.04. The molecule has 2 aromatic heterocycles. The molecule has 2 heterocycles. The number of rotatable bonds is 2. The van der Waals surface area contributed by atoms with E-state index in [2.05, 4.69) is 15.4 Å². The van der Waals surface area contributed by atoms with Crippen LogP contribution >= 0.6 is 0 Å². The van der Waals surface area contributed by atoms with Crippen LogP contribution in [-0.2, 0) is 6.42 Å². The van der Waals surface area contributed by atoms with E-state index in [-0.39, 0.29) is 0 Å². The first-order chi connectivity index (χ1) is 5.90. The fourth-order valence-electron chi connectivity index (χ4n) is 1.03. The van der Waals surface area contributed by atoms with Crippen LogP contribution in [0.4, 0.5) is 0 Å². The van der Waals surface area contributed by atoms with Crippen molar-refractivity contribution in [2.45, 2.75) is 13.3 Å². The monoisotopic (exact) mass is 163 g/mol. The van der Waals surface area contributed by atoms with E-state index in [1.807, 2.05) is 19.1 Å². The summed E-state index contributed by atoms with van der Waals surface area (Å²) < 4.78 is 5.47. The number of nitrogens with zero attached hydrogens (tertiary/aromatic N) is 2. The maximum absolute atomic E-state index is 5.47. The first-order valence-corrected chi connectivity index (χ1v) is 3.85. The molecule has 62 valence electrons. The van der Waals surface area contributed by atoms with Crippen molar-refractivity contribution in [3.05, 3.63) is 24.1 Å².